The van der Waals surface area contributed by atoms with E-state index in [0.717, 1.165) is 0 Å². The highest BCUT2D eigenvalue weighted by Gasteiger charge is 2.17. The number of aryl methyl sites for hydroxylation is 2. The Balaban J connectivity index is 2.44. The fraction of sp³-hybridized carbons (Fsp3) is 0.222. The number of carbonyl (C=O) groups excluding carboxylic acids is 1. The van der Waals surface area contributed by atoms with Crippen molar-refractivity contribution in [2.75, 3.05) is 0 Å². The minimum Gasteiger partial charge on any atom is -0.469 e. The fourth-order valence-electron chi connectivity index (χ4n) is 1.24. The Hall–Kier alpha value is -1.91. The largest absolute Gasteiger partial charge is 0.469 e. The molecule has 0 aliphatic rings. The van der Waals surface area contributed by atoms with Crippen LogP contribution in [0.25, 0.3) is 0 Å². The van der Waals surface area contributed by atoms with E-state index in [0.29, 0.717) is 17.1 Å². The summed E-state index contributed by atoms with van der Waals surface area (Å²) in [5, 5.41) is 3.83. The number of furan rings is 1. The van der Waals surface area contributed by atoms with Gasteiger partial charge in [-0.3, -0.25) is 4.79 Å². The molecule has 0 radical (unpaired) electrons. The van der Waals surface area contributed by atoms with Crippen LogP contribution in [0, 0.1) is 6.92 Å². The zero-order valence-corrected chi connectivity index (χ0v) is 7.89. The van der Waals surface area contributed by atoms with Crippen molar-refractivity contribution >= 4 is 5.78 Å². The third-order valence-electron chi connectivity index (χ3n) is 2.02. The first-order valence-electron chi connectivity index (χ1n) is 4.13. The van der Waals surface area contributed by atoms with Crippen LogP contribution < -0.4 is 0 Å². The standard InChI is InChI=1S/C9H9N3O2/c1-6-7(3-4-14-6)8(13)9-10-5-11-12(9)2/h3-5H,1-2H3. The van der Waals surface area contributed by atoms with Crippen LogP contribution in [-0.2, 0) is 7.05 Å². The Morgan fingerprint density at radius 3 is 2.86 bits per heavy atom. The van der Waals surface area contributed by atoms with Crippen molar-refractivity contribution in [2.24, 2.45) is 7.05 Å². The molecule has 0 aromatic carbocycles. The van der Waals surface area contributed by atoms with E-state index in [-0.39, 0.29) is 5.78 Å². The van der Waals surface area contributed by atoms with E-state index in [2.05, 4.69) is 10.1 Å². The molecule has 0 spiro atoms. The highest BCUT2D eigenvalue weighted by atomic mass is 16.3. The van der Waals surface area contributed by atoms with E-state index in [4.69, 9.17) is 4.42 Å². The van der Waals surface area contributed by atoms with Gasteiger partial charge in [0, 0.05) is 7.05 Å². The molecule has 5 nitrogen and oxygen atoms in total. The molecule has 2 rings (SSSR count). The molecule has 2 heterocycles. The van der Waals surface area contributed by atoms with Crippen molar-refractivity contribution in [1.82, 2.24) is 14.8 Å². The lowest BCUT2D eigenvalue weighted by Gasteiger charge is -1.97. The topological polar surface area (TPSA) is 60.9 Å². The van der Waals surface area contributed by atoms with Gasteiger partial charge < -0.3 is 4.42 Å². The van der Waals surface area contributed by atoms with Crippen LogP contribution in [0.2, 0.25) is 0 Å². The second kappa shape index (κ2) is 3.10. The van der Waals surface area contributed by atoms with Gasteiger partial charge in [-0.25, -0.2) is 9.67 Å². The Morgan fingerprint density at radius 1 is 1.57 bits per heavy atom. The number of aromatic nitrogens is 3. The quantitative estimate of drug-likeness (QED) is 0.663. The van der Waals surface area contributed by atoms with Gasteiger partial charge in [0.1, 0.15) is 12.1 Å². The average molecular weight is 191 g/mol. The molecule has 2 aromatic rings. The summed E-state index contributed by atoms with van der Waals surface area (Å²) in [5.41, 5.74) is 0.529. The summed E-state index contributed by atoms with van der Waals surface area (Å²) < 4.78 is 6.48. The molecule has 0 saturated heterocycles. The van der Waals surface area contributed by atoms with E-state index in [1.165, 1.54) is 17.3 Å². The van der Waals surface area contributed by atoms with Crippen LogP contribution in [0.15, 0.2) is 23.1 Å². The van der Waals surface area contributed by atoms with Gasteiger partial charge in [-0.05, 0) is 13.0 Å². The van der Waals surface area contributed by atoms with E-state index < -0.39 is 0 Å². The lowest BCUT2D eigenvalue weighted by atomic mass is 10.1. The van der Waals surface area contributed by atoms with E-state index in [9.17, 15) is 4.79 Å². The highest BCUT2D eigenvalue weighted by Crippen LogP contribution is 2.12. The molecule has 0 unspecified atom stereocenters. The summed E-state index contributed by atoms with van der Waals surface area (Å²) in [4.78, 5) is 15.7. The van der Waals surface area contributed by atoms with Crippen molar-refractivity contribution < 1.29 is 9.21 Å². The van der Waals surface area contributed by atoms with Gasteiger partial charge >= 0.3 is 0 Å². The molecule has 14 heavy (non-hydrogen) atoms. The van der Waals surface area contributed by atoms with Gasteiger partial charge in [0.15, 0.2) is 5.82 Å². The number of ketones is 1. The van der Waals surface area contributed by atoms with E-state index in [1.54, 1.807) is 20.0 Å². The van der Waals surface area contributed by atoms with Crippen molar-refractivity contribution in [2.45, 2.75) is 6.92 Å². The van der Waals surface area contributed by atoms with E-state index >= 15 is 0 Å². The number of carbonyl (C=O) groups is 1. The summed E-state index contributed by atoms with van der Waals surface area (Å²) in [6.45, 7) is 1.74. The normalized spacial score (nSPS) is 10.4. The van der Waals surface area contributed by atoms with Crippen LogP contribution in [0.4, 0.5) is 0 Å². The zero-order chi connectivity index (χ0) is 10.1. The van der Waals surface area contributed by atoms with Crippen molar-refractivity contribution in [1.29, 1.82) is 0 Å². The van der Waals surface area contributed by atoms with Gasteiger partial charge in [0.05, 0.1) is 11.8 Å². The summed E-state index contributed by atoms with van der Waals surface area (Å²) >= 11 is 0. The third-order valence-corrected chi connectivity index (χ3v) is 2.02. The first-order valence-corrected chi connectivity index (χ1v) is 4.13. The summed E-state index contributed by atoms with van der Waals surface area (Å²) in [6, 6.07) is 1.63. The molecule has 5 heteroatoms. The molecular formula is C9H9N3O2. The highest BCUT2D eigenvalue weighted by molar-refractivity contribution is 6.07. The molecule has 72 valence electrons. The molecule has 2 aromatic heterocycles. The second-order valence-electron chi connectivity index (χ2n) is 2.93. The van der Waals surface area contributed by atoms with Gasteiger partial charge in [0.2, 0.25) is 5.78 Å². The van der Waals surface area contributed by atoms with Gasteiger partial charge in [0.25, 0.3) is 0 Å². The molecule has 0 amide bonds. The summed E-state index contributed by atoms with van der Waals surface area (Å²) in [5.74, 6) is 0.740. The Bertz CT molecular complexity index is 428. The first-order chi connectivity index (χ1) is 6.70. The molecular weight excluding hydrogens is 182 g/mol. The smallest absolute Gasteiger partial charge is 0.233 e. The minimum absolute atomic E-state index is 0.170. The monoisotopic (exact) mass is 191 g/mol. The second-order valence-corrected chi connectivity index (χ2v) is 2.93. The minimum atomic E-state index is -0.170. The maximum atomic E-state index is 11.8. The molecule has 0 N–H and O–H groups in total. The SMILES string of the molecule is Cc1occc1C(=O)c1ncnn1C. The number of hydrogen-bond donors (Lipinski definition) is 0. The lowest BCUT2D eigenvalue weighted by molar-refractivity contribution is 0.102. The molecule has 0 atom stereocenters. The molecule has 0 saturated carbocycles. The Kier molecular flexibility index (Phi) is 1.92. The summed E-state index contributed by atoms with van der Waals surface area (Å²) in [7, 11) is 1.68. The maximum Gasteiger partial charge on any atom is 0.233 e. The van der Waals surface area contributed by atoms with Crippen molar-refractivity contribution in [3.05, 3.63) is 35.8 Å². The molecule has 0 aliphatic heterocycles. The predicted molar refractivity (Wildman–Crippen MR) is 47.9 cm³/mol. The number of nitrogens with zero attached hydrogens (tertiary/aromatic N) is 3. The average Bonchev–Trinajstić information content (AvgIpc) is 2.73. The van der Waals surface area contributed by atoms with Gasteiger partial charge in [-0.15, -0.1) is 0 Å². The van der Waals surface area contributed by atoms with Crippen LogP contribution in [0.1, 0.15) is 21.9 Å². The predicted octanol–water partition coefficient (Wildman–Crippen LogP) is 0.948. The molecule has 0 fully saturated rings. The van der Waals surface area contributed by atoms with E-state index in [1.807, 2.05) is 0 Å². The van der Waals surface area contributed by atoms with Gasteiger partial charge in [-0.2, -0.15) is 5.10 Å². The summed E-state index contributed by atoms with van der Waals surface area (Å²) in [6.07, 6.45) is 2.83. The Morgan fingerprint density at radius 2 is 2.36 bits per heavy atom. The third kappa shape index (κ3) is 1.22. The molecule has 0 aliphatic carbocycles. The van der Waals surface area contributed by atoms with Crippen LogP contribution in [0.5, 0.6) is 0 Å². The first kappa shape index (κ1) is 8.68. The zero-order valence-electron chi connectivity index (χ0n) is 7.89. The lowest BCUT2D eigenvalue weighted by Crippen LogP contribution is -2.09. The van der Waals surface area contributed by atoms with Gasteiger partial charge in [-0.1, -0.05) is 0 Å². The Labute approximate surface area is 80.4 Å². The van der Waals surface area contributed by atoms with Crippen LogP contribution in [-0.4, -0.2) is 20.5 Å². The van der Waals surface area contributed by atoms with Crippen LogP contribution in [0.3, 0.4) is 0 Å². The van der Waals surface area contributed by atoms with Crippen LogP contribution >= 0.6 is 0 Å². The maximum absolute atomic E-state index is 11.8. The number of rotatable bonds is 2. The molecule has 0 bridgehead atoms. The number of hydrogen-bond acceptors (Lipinski definition) is 4. The van der Waals surface area contributed by atoms with Crippen molar-refractivity contribution in [3.8, 4) is 0 Å². The van der Waals surface area contributed by atoms with Crippen molar-refractivity contribution in [3.63, 3.8) is 0 Å². The fourth-order valence-corrected chi connectivity index (χ4v) is 1.24.